The van der Waals surface area contributed by atoms with Crippen LogP contribution < -0.4 is 10.6 Å². The molecule has 0 spiro atoms. The Labute approximate surface area is 151 Å². The fourth-order valence-corrected chi connectivity index (χ4v) is 3.91. The second-order valence-corrected chi connectivity index (χ2v) is 7.07. The van der Waals surface area contributed by atoms with Crippen LogP contribution in [0.15, 0.2) is 18.2 Å². The Morgan fingerprint density at radius 3 is 2.81 bits per heavy atom. The fourth-order valence-electron chi connectivity index (χ4n) is 3.91. The van der Waals surface area contributed by atoms with Gasteiger partial charge in [0.1, 0.15) is 6.04 Å². The largest absolute Gasteiger partial charge is 0.340 e. The minimum Gasteiger partial charge on any atom is -0.340 e. The van der Waals surface area contributed by atoms with Gasteiger partial charge in [0.25, 0.3) is 5.91 Å². The molecule has 0 bridgehead atoms. The SMILES string of the molecule is Cc1cccc2c(C(=O)NC3CCC(=O)NC3=O)c3c(nc12)CCCC3. The summed E-state index contributed by atoms with van der Waals surface area (Å²) in [5.74, 6) is -0.975. The van der Waals surface area contributed by atoms with Crippen LogP contribution in [0.3, 0.4) is 0 Å². The smallest absolute Gasteiger partial charge is 0.252 e. The first-order chi connectivity index (χ1) is 12.5. The van der Waals surface area contributed by atoms with Crippen LogP contribution in [-0.2, 0) is 22.4 Å². The number of rotatable bonds is 2. The lowest BCUT2D eigenvalue weighted by Gasteiger charge is -2.24. The number of hydrogen-bond acceptors (Lipinski definition) is 4. The molecular formula is C20H21N3O3. The molecule has 26 heavy (non-hydrogen) atoms. The summed E-state index contributed by atoms with van der Waals surface area (Å²) in [6.45, 7) is 1.99. The number of amides is 3. The topological polar surface area (TPSA) is 88.2 Å². The van der Waals surface area contributed by atoms with Crippen LogP contribution >= 0.6 is 0 Å². The van der Waals surface area contributed by atoms with E-state index in [0.29, 0.717) is 12.0 Å². The number of benzene rings is 1. The van der Waals surface area contributed by atoms with E-state index in [2.05, 4.69) is 10.6 Å². The Kier molecular flexibility index (Phi) is 4.18. The molecule has 0 saturated carbocycles. The van der Waals surface area contributed by atoms with Crippen molar-refractivity contribution in [2.24, 2.45) is 0 Å². The molecule has 1 aliphatic heterocycles. The summed E-state index contributed by atoms with van der Waals surface area (Å²) in [7, 11) is 0. The molecule has 6 nitrogen and oxygen atoms in total. The van der Waals surface area contributed by atoms with E-state index in [1.165, 1.54) is 0 Å². The molecule has 4 rings (SSSR count). The minimum absolute atomic E-state index is 0.241. The number of piperidine rings is 1. The zero-order chi connectivity index (χ0) is 18.3. The maximum Gasteiger partial charge on any atom is 0.252 e. The molecule has 2 aromatic rings. The summed E-state index contributed by atoms with van der Waals surface area (Å²) >= 11 is 0. The molecule has 6 heteroatoms. The highest BCUT2D eigenvalue weighted by atomic mass is 16.2. The number of aryl methyl sites for hydroxylation is 2. The van der Waals surface area contributed by atoms with Gasteiger partial charge < -0.3 is 5.32 Å². The van der Waals surface area contributed by atoms with Crippen molar-refractivity contribution in [3.8, 4) is 0 Å². The summed E-state index contributed by atoms with van der Waals surface area (Å²) in [6.07, 6.45) is 4.38. The Morgan fingerprint density at radius 2 is 2.00 bits per heavy atom. The quantitative estimate of drug-likeness (QED) is 0.810. The highest BCUT2D eigenvalue weighted by Crippen LogP contribution is 2.30. The van der Waals surface area contributed by atoms with E-state index in [0.717, 1.165) is 53.4 Å². The van der Waals surface area contributed by atoms with Crippen molar-refractivity contribution in [1.29, 1.82) is 0 Å². The third-order valence-corrected chi connectivity index (χ3v) is 5.27. The summed E-state index contributed by atoms with van der Waals surface area (Å²) < 4.78 is 0. The van der Waals surface area contributed by atoms with E-state index in [1.807, 2.05) is 25.1 Å². The van der Waals surface area contributed by atoms with Gasteiger partial charge in [0.15, 0.2) is 0 Å². The van der Waals surface area contributed by atoms with Crippen LogP contribution in [0.25, 0.3) is 10.9 Å². The van der Waals surface area contributed by atoms with E-state index in [-0.39, 0.29) is 18.2 Å². The van der Waals surface area contributed by atoms with E-state index < -0.39 is 11.9 Å². The molecule has 3 amide bonds. The molecule has 2 N–H and O–H groups in total. The lowest BCUT2D eigenvalue weighted by Crippen LogP contribution is -2.52. The Balaban J connectivity index is 1.77. The number of para-hydroxylation sites is 1. The van der Waals surface area contributed by atoms with Gasteiger partial charge in [-0.05, 0) is 50.2 Å². The van der Waals surface area contributed by atoms with Crippen LogP contribution in [0.5, 0.6) is 0 Å². The van der Waals surface area contributed by atoms with Crippen LogP contribution in [-0.4, -0.2) is 28.7 Å². The van der Waals surface area contributed by atoms with E-state index in [9.17, 15) is 14.4 Å². The fraction of sp³-hybridized carbons (Fsp3) is 0.400. The van der Waals surface area contributed by atoms with Gasteiger partial charge in [-0.2, -0.15) is 0 Å². The van der Waals surface area contributed by atoms with Crippen molar-refractivity contribution in [2.45, 2.75) is 51.5 Å². The summed E-state index contributed by atoms with van der Waals surface area (Å²) in [5, 5.41) is 5.96. The van der Waals surface area contributed by atoms with Gasteiger partial charge >= 0.3 is 0 Å². The first-order valence-electron chi connectivity index (χ1n) is 9.10. The highest BCUT2D eigenvalue weighted by molar-refractivity contribution is 6.10. The summed E-state index contributed by atoms with van der Waals surface area (Å²) in [4.78, 5) is 41.3. The van der Waals surface area contributed by atoms with Crippen LogP contribution in [0.2, 0.25) is 0 Å². The Hall–Kier alpha value is -2.76. The monoisotopic (exact) mass is 351 g/mol. The second-order valence-electron chi connectivity index (χ2n) is 7.07. The van der Waals surface area contributed by atoms with Crippen molar-refractivity contribution < 1.29 is 14.4 Å². The minimum atomic E-state index is -0.674. The maximum absolute atomic E-state index is 13.1. The molecule has 0 radical (unpaired) electrons. The van der Waals surface area contributed by atoms with Crippen molar-refractivity contribution in [3.63, 3.8) is 0 Å². The number of imide groups is 1. The number of carbonyl (C=O) groups excluding carboxylic acids is 3. The number of nitrogens with zero attached hydrogens (tertiary/aromatic N) is 1. The van der Waals surface area contributed by atoms with Gasteiger partial charge in [-0.15, -0.1) is 0 Å². The predicted molar refractivity (Wildman–Crippen MR) is 96.8 cm³/mol. The number of hydrogen-bond donors (Lipinski definition) is 2. The van der Waals surface area contributed by atoms with Gasteiger partial charge in [0, 0.05) is 17.5 Å². The van der Waals surface area contributed by atoms with Crippen molar-refractivity contribution >= 4 is 28.6 Å². The number of nitrogens with one attached hydrogen (secondary N) is 2. The van der Waals surface area contributed by atoms with E-state index in [4.69, 9.17) is 4.98 Å². The Bertz CT molecular complexity index is 936. The first-order valence-corrected chi connectivity index (χ1v) is 9.10. The van der Waals surface area contributed by atoms with E-state index >= 15 is 0 Å². The number of fused-ring (bicyclic) bond motifs is 2. The maximum atomic E-state index is 13.1. The normalized spacial score (nSPS) is 19.8. The van der Waals surface area contributed by atoms with Crippen molar-refractivity contribution in [1.82, 2.24) is 15.6 Å². The second kappa shape index (κ2) is 6.52. The molecule has 1 aromatic carbocycles. The van der Waals surface area contributed by atoms with Crippen molar-refractivity contribution in [3.05, 3.63) is 40.6 Å². The third-order valence-electron chi connectivity index (χ3n) is 5.27. The zero-order valence-corrected chi connectivity index (χ0v) is 14.7. The predicted octanol–water partition coefficient (Wildman–Crippen LogP) is 1.96. The molecule has 1 unspecified atom stereocenters. The molecule has 1 atom stereocenters. The summed E-state index contributed by atoms with van der Waals surface area (Å²) in [5.41, 5.74) is 4.51. The van der Waals surface area contributed by atoms with Gasteiger partial charge in [-0.3, -0.25) is 24.7 Å². The average Bonchev–Trinajstić information content (AvgIpc) is 2.62. The molecule has 1 aliphatic carbocycles. The molecule has 1 aromatic heterocycles. The van der Waals surface area contributed by atoms with Crippen LogP contribution in [0, 0.1) is 6.92 Å². The lowest BCUT2D eigenvalue weighted by atomic mass is 9.88. The number of aromatic nitrogens is 1. The highest BCUT2D eigenvalue weighted by Gasteiger charge is 2.30. The number of carbonyl (C=O) groups is 3. The lowest BCUT2D eigenvalue weighted by molar-refractivity contribution is -0.134. The average molecular weight is 351 g/mol. The van der Waals surface area contributed by atoms with Crippen LogP contribution in [0.4, 0.5) is 0 Å². The van der Waals surface area contributed by atoms with E-state index in [1.54, 1.807) is 0 Å². The van der Waals surface area contributed by atoms with Crippen LogP contribution in [0.1, 0.15) is 52.9 Å². The van der Waals surface area contributed by atoms with Crippen molar-refractivity contribution in [2.75, 3.05) is 0 Å². The first kappa shape index (κ1) is 16.7. The van der Waals surface area contributed by atoms with Gasteiger partial charge in [-0.25, -0.2) is 0 Å². The molecule has 134 valence electrons. The molecular weight excluding hydrogens is 330 g/mol. The standard InChI is InChI=1S/C20H21N3O3/c1-11-5-4-7-13-17(12-6-2-3-8-14(12)21-18(11)13)20(26)22-15-9-10-16(24)23-19(15)25/h4-5,7,15H,2-3,6,8-10H2,1H3,(H,22,26)(H,23,24,25). The van der Waals surface area contributed by atoms with Gasteiger partial charge in [0.2, 0.25) is 11.8 Å². The molecule has 1 fully saturated rings. The summed E-state index contributed by atoms with van der Waals surface area (Å²) in [6, 6.07) is 5.17. The molecule has 2 heterocycles. The van der Waals surface area contributed by atoms with Gasteiger partial charge in [-0.1, -0.05) is 18.2 Å². The molecule has 2 aliphatic rings. The number of pyridine rings is 1. The zero-order valence-electron chi connectivity index (χ0n) is 14.7. The Morgan fingerprint density at radius 1 is 1.19 bits per heavy atom. The third kappa shape index (κ3) is 2.85. The molecule has 1 saturated heterocycles. The van der Waals surface area contributed by atoms with Gasteiger partial charge in [0.05, 0.1) is 11.1 Å².